The molecule has 3 nitrogen and oxygen atoms in total. The summed E-state index contributed by atoms with van der Waals surface area (Å²) < 4.78 is 11.2. The van der Waals surface area contributed by atoms with Crippen molar-refractivity contribution in [2.75, 3.05) is 13.7 Å². The summed E-state index contributed by atoms with van der Waals surface area (Å²) >= 11 is 0. The molecule has 0 bridgehead atoms. The number of methoxy groups -OCH3 is 1. The van der Waals surface area contributed by atoms with Crippen LogP contribution < -0.4 is 15.2 Å². The molecule has 21 heavy (non-hydrogen) atoms. The molecule has 3 heteroatoms. The SMILES string of the molecule is COc1cc(C)ccc1OCc1cccc(C#CCN)c1. The molecule has 0 saturated carbocycles. The van der Waals surface area contributed by atoms with E-state index in [-0.39, 0.29) is 0 Å². The summed E-state index contributed by atoms with van der Waals surface area (Å²) in [5.74, 6) is 7.35. The lowest BCUT2D eigenvalue weighted by molar-refractivity contribution is 0.284. The standard InChI is InChI=1S/C18H19NO2/c1-14-8-9-17(18(11-14)20-2)21-13-16-6-3-5-15(12-16)7-4-10-19/h3,5-6,8-9,11-12H,10,13,19H2,1-2H3. The van der Waals surface area contributed by atoms with E-state index in [0.717, 1.165) is 28.2 Å². The summed E-state index contributed by atoms with van der Waals surface area (Å²) in [6.45, 7) is 2.85. The topological polar surface area (TPSA) is 44.5 Å². The normalized spacial score (nSPS) is 9.67. The van der Waals surface area contributed by atoms with Gasteiger partial charge in [-0.1, -0.05) is 30.0 Å². The molecule has 0 saturated heterocycles. The third kappa shape index (κ3) is 4.27. The first-order valence-electron chi connectivity index (χ1n) is 6.78. The molecule has 0 unspecified atom stereocenters. The van der Waals surface area contributed by atoms with Gasteiger partial charge in [-0.15, -0.1) is 0 Å². The van der Waals surface area contributed by atoms with Crippen molar-refractivity contribution in [2.24, 2.45) is 5.73 Å². The second-order valence-corrected chi connectivity index (χ2v) is 4.65. The van der Waals surface area contributed by atoms with E-state index in [0.29, 0.717) is 13.2 Å². The van der Waals surface area contributed by atoms with E-state index >= 15 is 0 Å². The Hall–Kier alpha value is -2.44. The van der Waals surface area contributed by atoms with Gasteiger partial charge in [-0.25, -0.2) is 0 Å². The van der Waals surface area contributed by atoms with E-state index < -0.39 is 0 Å². The van der Waals surface area contributed by atoms with Crippen LogP contribution in [0, 0.1) is 18.8 Å². The molecular weight excluding hydrogens is 262 g/mol. The Kier molecular flexibility index (Phi) is 5.25. The summed E-state index contributed by atoms with van der Waals surface area (Å²) in [5.41, 5.74) is 8.52. The molecule has 0 aliphatic heterocycles. The largest absolute Gasteiger partial charge is 0.493 e. The molecule has 0 fully saturated rings. The average molecular weight is 281 g/mol. The van der Waals surface area contributed by atoms with E-state index in [2.05, 4.69) is 11.8 Å². The van der Waals surface area contributed by atoms with Crippen molar-refractivity contribution in [2.45, 2.75) is 13.5 Å². The number of hydrogen-bond acceptors (Lipinski definition) is 3. The Morgan fingerprint density at radius 2 is 1.95 bits per heavy atom. The smallest absolute Gasteiger partial charge is 0.161 e. The Morgan fingerprint density at radius 1 is 1.10 bits per heavy atom. The van der Waals surface area contributed by atoms with Crippen molar-refractivity contribution >= 4 is 0 Å². The first-order chi connectivity index (χ1) is 10.2. The van der Waals surface area contributed by atoms with Crippen LogP contribution in [-0.4, -0.2) is 13.7 Å². The van der Waals surface area contributed by atoms with Gasteiger partial charge in [-0.05, 0) is 42.3 Å². The summed E-state index contributed by atoms with van der Waals surface area (Å²) in [6.07, 6.45) is 0. The van der Waals surface area contributed by atoms with Gasteiger partial charge in [0.05, 0.1) is 13.7 Å². The highest BCUT2D eigenvalue weighted by Crippen LogP contribution is 2.28. The minimum Gasteiger partial charge on any atom is -0.493 e. The van der Waals surface area contributed by atoms with Crippen LogP contribution >= 0.6 is 0 Å². The molecule has 0 atom stereocenters. The van der Waals surface area contributed by atoms with Crippen molar-refractivity contribution in [3.63, 3.8) is 0 Å². The maximum absolute atomic E-state index is 5.83. The van der Waals surface area contributed by atoms with E-state index in [9.17, 15) is 0 Å². The van der Waals surface area contributed by atoms with Crippen molar-refractivity contribution in [3.8, 4) is 23.3 Å². The monoisotopic (exact) mass is 281 g/mol. The summed E-state index contributed by atoms with van der Waals surface area (Å²) in [4.78, 5) is 0. The number of rotatable bonds is 4. The molecular formula is C18H19NO2. The van der Waals surface area contributed by atoms with Gasteiger partial charge in [-0.3, -0.25) is 0 Å². The van der Waals surface area contributed by atoms with Crippen LogP contribution in [0.3, 0.4) is 0 Å². The predicted octanol–water partition coefficient (Wildman–Crippen LogP) is 2.89. The Morgan fingerprint density at radius 3 is 2.71 bits per heavy atom. The van der Waals surface area contributed by atoms with Crippen LogP contribution in [0.4, 0.5) is 0 Å². The Balaban J connectivity index is 2.09. The van der Waals surface area contributed by atoms with Gasteiger partial charge >= 0.3 is 0 Å². The molecule has 0 aliphatic rings. The molecule has 2 aromatic rings. The van der Waals surface area contributed by atoms with Crippen LogP contribution in [0.5, 0.6) is 11.5 Å². The zero-order valence-corrected chi connectivity index (χ0v) is 12.3. The lowest BCUT2D eigenvalue weighted by Crippen LogP contribution is -1.98. The third-order valence-corrected chi connectivity index (χ3v) is 2.98. The van der Waals surface area contributed by atoms with E-state index in [4.69, 9.17) is 15.2 Å². The molecule has 0 radical (unpaired) electrons. The van der Waals surface area contributed by atoms with Crippen LogP contribution in [-0.2, 0) is 6.61 Å². The zero-order chi connectivity index (χ0) is 15.1. The second kappa shape index (κ2) is 7.37. The van der Waals surface area contributed by atoms with Crippen LogP contribution in [0.25, 0.3) is 0 Å². The Bertz CT molecular complexity index is 668. The number of nitrogens with two attached hydrogens (primary N) is 1. The molecule has 0 spiro atoms. The summed E-state index contributed by atoms with van der Waals surface area (Å²) in [7, 11) is 1.64. The third-order valence-electron chi connectivity index (χ3n) is 2.98. The van der Waals surface area contributed by atoms with E-state index in [1.807, 2.05) is 49.4 Å². The van der Waals surface area contributed by atoms with E-state index in [1.165, 1.54) is 0 Å². The highest BCUT2D eigenvalue weighted by Gasteiger charge is 2.04. The highest BCUT2D eigenvalue weighted by atomic mass is 16.5. The van der Waals surface area contributed by atoms with Crippen LogP contribution in [0.15, 0.2) is 42.5 Å². The molecule has 108 valence electrons. The Labute approximate surface area is 125 Å². The van der Waals surface area contributed by atoms with Crippen LogP contribution in [0.1, 0.15) is 16.7 Å². The van der Waals surface area contributed by atoms with Crippen molar-refractivity contribution in [1.29, 1.82) is 0 Å². The van der Waals surface area contributed by atoms with Crippen LogP contribution in [0.2, 0.25) is 0 Å². The molecule has 0 heterocycles. The maximum Gasteiger partial charge on any atom is 0.161 e. The van der Waals surface area contributed by atoms with E-state index in [1.54, 1.807) is 7.11 Å². The fraction of sp³-hybridized carbons (Fsp3) is 0.222. The minimum atomic E-state index is 0.362. The highest BCUT2D eigenvalue weighted by molar-refractivity contribution is 5.43. The summed E-state index contributed by atoms with van der Waals surface area (Å²) in [6, 6.07) is 13.8. The zero-order valence-electron chi connectivity index (χ0n) is 12.3. The molecule has 2 rings (SSSR count). The first kappa shape index (κ1) is 15.0. The van der Waals surface area contributed by atoms with Crippen molar-refractivity contribution in [3.05, 3.63) is 59.2 Å². The minimum absolute atomic E-state index is 0.362. The molecule has 0 aromatic heterocycles. The molecule has 2 aromatic carbocycles. The van der Waals surface area contributed by atoms with Crippen molar-refractivity contribution < 1.29 is 9.47 Å². The van der Waals surface area contributed by atoms with Gasteiger partial charge in [0.15, 0.2) is 11.5 Å². The predicted molar refractivity (Wildman–Crippen MR) is 84.4 cm³/mol. The van der Waals surface area contributed by atoms with Gasteiger partial charge in [0, 0.05) is 5.56 Å². The lowest BCUT2D eigenvalue weighted by atomic mass is 10.1. The first-order valence-corrected chi connectivity index (χ1v) is 6.78. The average Bonchev–Trinajstić information content (AvgIpc) is 2.52. The van der Waals surface area contributed by atoms with Gasteiger partial charge in [0.25, 0.3) is 0 Å². The van der Waals surface area contributed by atoms with Gasteiger partial charge in [0.2, 0.25) is 0 Å². The molecule has 0 aliphatic carbocycles. The summed E-state index contributed by atoms with van der Waals surface area (Å²) in [5, 5.41) is 0. The number of aryl methyl sites for hydroxylation is 1. The van der Waals surface area contributed by atoms with Gasteiger partial charge in [-0.2, -0.15) is 0 Å². The fourth-order valence-electron chi connectivity index (χ4n) is 1.95. The molecule has 0 amide bonds. The maximum atomic E-state index is 5.83. The lowest BCUT2D eigenvalue weighted by Gasteiger charge is -2.11. The van der Waals surface area contributed by atoms with Gasteiger partial charge in [0.1, 0.15) is 6.61 Å². The number of ether oxygens (including phenoxy) is 2. The van der Waals surface area contributed by atoms with Crippen molar-refractivity contribution in [1.82, 2.24) is 0 Å². The number of hydrogen-bond donors (Lipinski definition) is 1. The second-order valence-electron chi connectivity index (χ2n) is 4.65. The quantitative estimate of drug-likeness (QED) is 0.876. The fourth-order valence-corrected chi connectivity index (χ4v) is 1.95. The van der Waals surface area contributed by atoms with Gasteiger partial charge < -0.3 is 15.2 Å². The molecule has 2 N–H and O–H groups in total. The number of benzene rings is 2.